The second kappa shape index (κ2) is 7.58. The molecule has 0 radical (unpaired) electrons. The number of aliphatic hydroxyl groups excluding tert-OH is 1. The lowest BCUT2D eigenvalue weighted by Crippen LogP contribution is -2.50. The first kappa shape index (κ1) is 16.7. The first-order valence-corrected chi connectivity index (χ1v) is 8.04. The maximum atomic E-state index is 13.4. The quantitative estimate of drug-likeness (QED) is 0.891. The molecule has 1 aliphatic carbocycles. The second-order valence-corrected chi connectivity index (χ2v) is 6.06. The minimum atomic E-state index is -0.472. The van der Waals surface area contributed by atoms with Gasteiger partial charge >= 0.3 is 6.03 Å². The number of carbonyl (C=O) groups is 1. The van der Waals surface area contributed by atoms with E-state index < -0.39 is 6.10 Å². The van der Waals surface area contributed by atoms with Crippen molar-refractivity contribution in [1.82, 2.24) is 4.90 Å². The fourth-order valence-electron chi connectivity index (χ4n) is 3.12. The van der Waals surface area contributed by atoms with Crippen LogP contribution in [-0.2, 0) is 0 Å². The molecule has 2 amide bonds. The van der Waals surface area contributed by atoms with Crippen LogP contribution in [0.4, 0.5) is 14.9 Å². The lowest BCUT2D eigenvalue weighted by atomic mass is 9.91. The van der Waals surface area contributed by atoms with Gasteiger partial charge in [-0.15, -0.1) is 0 Å². The molecule has 0 bridgehead atoms. The number of aryl methyl sites for hydroxylation is 1. The van der Waals surface area contributed by atoms with Gasteiger partial charge in [0.05, 0.1) is 12.1 Å². The van der Waals surface area contributed by atoms with Crippen molar-refractivity contribution in [3.8, 4) is 0 Å². The predicted molar refractivity (Wildman–Crippen MR) is 85.4 cm³/mol. The summed E-state index contributed by atoms with van der Waals surface area (Å²) < 4.78 is 13.4. The summed E-state index contributed by atoms with van der Waals surface area (Å²) in [7, 11) is 0. The monoisotopic (exact) mass is 308 g/mol. The zero-order chi connectivity index (χ0) is 16.1. The standard InChI is InChI=1S/C17H25FN2O2/c1-3-8-20(15-6-4-5-7-16(15)21)17(22)19-14-10-12(2)9-13(18)11-14/h9-11,15-16,21H,3-8H2,1-2H3,(H,19,22)/t15-,16-/m0/s1. The van der Waals surface area contributed by atoms with Gasteiger partial charge in [0, 0.05) is 12.2 Å². The second-order valence-electron chi connectivity index (χ2n) is 6.06. The summed E-state index contributed by atoms with van der Waals surface area (Å²) in [5.74, 6) is -0.366. The minimum Gasteiger partial charge on any atom is -0.391 e. The number of nitrogens with one attached hydrogen (secondary N) is 1. The Hall–Kier alpha value is -1.62. The van der Waals surface area contributed by atoms with Gasteiger partial charge in [-0.3, -0.25) is 0 Å². The largest absolute Gasteiger partial charge is 0.391 e. The maximum Gasteiger partial charge on any atom is 0.322 e. The van der Waals surface area contributed by atoms with E-state index in [1.165, 1.54) is 12.1 Å². The summed E-state index contributed by atoms with van der Waals surface area (Å²) in [5, 5.41) is 12.9. The molecule has 0 spiro atoms. The first-order valence-electron chi connectivity index (χ1n) is 8.04. The molecule has 0 aliphatic heterocycles. The number of hydrogen-bond acceptors (Lipinski definition) is 2. The van der Waals surface area contributed by atoms with E-state index in [1.807, 2.05) is 6.92 Å². The average Bonchev–Trinajstić information content (AvgIpc) is 2.44. The summed E-state index contributed by atoms with van der Waals surface area (Å²) in [4.78, 5) is 14.2. The Bertz CT molecular complexity index is 501. The van der Waals surface area contributed by atoms with Gasteiger partial charge in [-0.25, -0.2) is 9.18 Å². The third kappa shape index (κ3) is 4.19. The van der Waals surface area contributed by atoms with Gasteiger partial charge in [-0.05, 0) is 49.9 Å². The smallest absolute Gasteiger partial charge is 0.322 e. The highest BCUT2D eigenvalue weighted by Crippen LogP contribution is 2.24. The van der Waals surface area contributed by atoms with Crippen LogP contribution in [0, 0.1) is 12.7 Å². The molecule has 2 rings (SSSR count). The van der Waals surface area contributed by atoms with E-state index in [0.717, 1.165) is 37.7 Å². The Balaban J connectivity index is 2.11. The molecule has 22 heavy (non-hydrogen) atoms. The molecule has 0 unspecified atom stereocenters. The number of benzene rings is 1. The van der Waals surface area contributed by atoms with Crippen molar-refractivity contribution in [2.24, 2.45) is 0 Å². The predicted octanol–water partition coefficient (Wildman–Crippen LogP) is 3.68. The lowest BCUT2D eigenvalue weighted by molar-refractivity contribution is 0.0397. The van der Waals surface area contributed by atoms with Gasteiger partial charge in [0.2, 0.25) is 0 Å². The van der Waals surface area contributed by atoms with Crippen molar-refractivity contribution in [2.75, 3.05) is 11.9 Å². The van der Waals surface area contributed by atoms with Crippen LogP contribution >= 0.6 is 0 Å². The molecule has 2 N–H and O–H groups in total. The highest BCUT2D eigenvalue weighted by atomic mass is 19.1. The molecule has 1 saturated carbocycles. The van der Waals surface area contributed by atoms with Crippen molar-refractivity contribution in [2.45, 2.75) is 58.1 Å². The molecule has 2 atom stereocenters. The van der Waals surface area contributed by atoms with Gasteiger partial charge in [0.15, 0.2) is 0 Å². The molecule has 0 heterocycles. The van der Waals surface area contributed by atoms with E-state index in [9.17, 15) is 14.3 Å². The van der Waals surface area contributed by atoms with Gasteiger partial charge in [0.25, 0.3) is 0 Å². The van der Waals surface area contributed by atoms with E-state index in [2.05, 4.69) is 5.32 Å². The number of halogens is 1. The normalized spacial score (nSPS) is 21.5. The molecule has 5 heteroatoms. The third-order valence-corrected chi connectivity index (χ3v) is 4.11. The summed E-state index contributed by atoms with van der Waals surface area (Å²) in [6.07, 6.45) is 3.92. The summed E-state index contributed by atoms with van der Waals surface area (Å²) >= 11 is 0. The zero-order valence-corrected chi connectivity index (χ0v) is 13.3. The van der Waals surface area contributed by atoms with Crippen molar-refractivity contribution < 1.29 is 14.3 Å². The van der Waals surface area contributed by atoms with Crippen LogP contribution < -0.4 is 5.32 Å². The Morgan fingerprint density at radius 1 is 1.36 bits per heavy atom. The highest BCUT2D eigenvalue weighted by molar-refractivity contribution is 5.89. The number of amides is 2. The highest BCUT2D eigenvalue weighted by Gasteiger charge is 2.31. The van der Waals surface area contributed by atoms with Gasteiger partial charge in [-0.1, -0.05) is 19.8 Å². The minimum absolute atomic E-state index is 0.150. The molecule has 1 aliphatic rings. The van der Waals surface area contributed by atoms with Gasteiger partial charge in [-0.2, -0.15) is 0 Å². The van der Waals surface area contributed by atoms with Crippen LogP contribution in [0.2, 0.25) is 0 Å². The summed E-state index contributed by atoms with van der Waals surface area (Å²) in [6.45, 7) is 4.37. The van der Waals surface area contributed by atoms with Gasteiger partial charge < -0.3 is 15.3 Å². The Morgan fingerprint density at radius 2 is 2.09 bits per heavy atom. The van der Waals surface area contributed by atoms with Crippen molar-refractivity contribution in [3.05, 3.63) is 29.6 Å². The number of aliphatic hydroxyl groups is 1. The van der Waals surface area contributed by atoms with Crippen molar-refractivity contribution in [1.29, 1.82) is 0 Å². The molecule has 122 valence electrons. The third-order valence-electron chi connectivity index (χ3n) is 4.11. The van der Waals surface area contributed by atoms with Crippen LogP contribution in [0.15, 0.2) is 18.2 Å². The zero-order valence-electron chi connectivity index (χ0n) is 13.3. The molecular weight excluding hydrogens is 283 g/mol. The molecule has 0 saturated heterocycles. The number of nitrogens with zero attached hydrogens (tertiary/aromatic N) is 1. The number of carbonyl (C=O) groups excluding carboxylic acids is 1. The Kier molecular flexibility index (Phi) is 5.77. The Morgan fingerprint density at radius 3 is 2.73 bits per heavy atom. The molecule has 1 aromatic carbocycles. The van der Waals surface area contributed by atoms with Crippen LogP contribution in [0.1, 0.15) is 44.6 Å². The molecular formula is C17H25FN2O2. The molecule has 4 nitrogen and oxygen atoms in total. The number of hydrogen-bond donors (Lipinski definition) is 2. The maximum absolute atomic E-state index is 13.4. The SMILES string of the molecule is CCCN(C(=O)Nc1cc(C)cc(F)c1)[C@H]1CCCC[C@@H]1O. The van der Waals surface area contributed by atoms with E-state index in [1.54, 1.807) is 17.9 Å². The lowest BCUT2D eigenvalue weighted by Gasteiger charge is -2.37. The van der Waals surface area contributed by atoms with Crippen LogP contribution in [0.3, 0.4) is 0 Å². The average molecular weight is 308 g/mol. The molecule has 1 aromatic rings. The fourth-order valence-corrected chi connectivity index (χ4v) is 3.12. The van der Waals surface area contributed by atoms with Crippen molar-refractivity contribution >= 4 is 11.7 Å². The molecule has 1 fully saturated rings. The fraction of sp³-hybridized carbons (Fsp3) is 0.588. The van der Waals surface area contributed by atoms with Gasteiger partial charge in [0.1, 0.15) is 5.82 Å². The Labute approximate surface area is 131 Å². The van der Waals surface area contributed by atoms with Crippen LogP contribution in [-0.4, -0.2) is 34.7 Å². The van der Waals surface area contributed by atoms with Crippen LogP contribution in [0.5, 0.6) is 0 Å². The topological polar surface area (TPSA) is 52.6 Å². The number of rotatable bonds is 4. The number of urea groups is 1. The molecule has 0 aromatic heterocycles. The van der Waals surface area contributed by atoms with E-state index in [0.29, 0.717) is 12.2 Å². The first-order chi connectivity index (χ1) is 10.5. The van der Waals surface area contributed by atoms with E-state index in [4.69, 9.17) is 0 Å². The van der Waals surface area contributed by atoms with E-state index >= 15 is 0 Å². The van der Waals surface area contributed by atoms with Crippen molar-refractivity contribution in [3.63, 3.8) is 0 Å². The van der Waals surface area contributed by atoms with E-state index in [-0.39, 0.29) is 17.9 Å². The van der Waals surface area contributed by atoms with Crippen LogP contribution in [0.25, 0.3) is 0 Å². The summed E-state index contributed by atoms with van der Waals surface area (Å²) in [5.41, 5.74) is 1.21. The number of anilines is 1. The summed E-state index contributed by atoms with van der Waals surface area (Å²) in [6, 6.07) is 4.06.